The molecular formula is C12H14N6O3. The van der Waals surface area contributed by atoms with E-state index in [-0.39, 0.29) is 23.5 Å². The minimum Gasteiger partial charge on any atom is -0.346 e. The molecule has 1 aromatic heterocycles. The number of hydrogen-bond donors (Lipinski definition) is 3. The minimum atomic E-state index is -0.606. The van der Waals surface area contributed by atoms with Gasteiger partial charge in [0.25, 0.3) is 11.6 Å². The largest absolute Gasteiger partial charge is 0.346 e. The van der Waals surface area contributed by atoms with Gasteiger partial charge in [0, 0.05) is 24.9 Å². The Bertz CT molecular complexity index is 681. The molecule has 0 saturated heterocycles. The van der Waals surface area contributed by atoms with Crippen molar-refractivity contribution in [1.82, 2.24) is 15.1 Å². The van der Waals surface area contributed by atoms with E-state index in [1.807, 2.05) is 0 Å². The van der Waals surface area contributed by atoms with E-state index in [9.17, 15) is 14.9 Å². The number of rotatable bonds is 5. The topological polar surface area (TPSA) is 128 Å². The molecule has 0 radical (unpaired) electrons. The molecule has 0 aliphatic rings. The molecule has 0 aliphatic heterocycles. The van der Waals surface area contributed by atoms with Gasteiger partial charge in [-0.25, -0.2) is 0 Å². The standard InChI is InChI=1S/C12H14N6O3/c1-17-5-4-9(16-17)7-14-12(19)8-2-3-10(15-13)11(6-8)18(20)21/h2-6,15H,7,13H2,1H3,(H,14,19). The lowest BCUT2D eigenvalue weighted by Gasteiger charge is -2.06. The molecule has 1 amide bonds. The van der Waals surface area contributed by atoms with Gasteiger partial charge in [-0.2, -0.15) is 5.10 Å². The predicted molar refractivity (Wildman–Crippen MR) is 75.3 cm³/mol. The van der Waals surface area contributed by atoms with E-state index in [0.29, 0.717) is 5.69 Å². The zero-order chi connectivity index (χ0) is 15.4. The van der Waals surface area contributed by atoms with Crippen molar-refractivity contribution in [3.63, 3.8) is 0 Å². The molecule has 4 N–H and O–H groups in total. The molecule has 0 bridgehead atoms. The van der Waals surface area contributed by atoms with Crippen LogP contribution in [-0.2, 0) is 13.6 Å². The summed E-state index contributed by atoms with van der Waals surface area (Å²) in [6.45, 7) is 0.240. The quantitative estimate of drug-likeness (QED) is 0.419. The number of aryl methyl sites for hydroxylation is 1. The summed E-state index contributed by atoms with van der Waals surface area (Å²) in [5.74, 6) is 4.76. The SMILES string of the molecule is Cn1ccc(CNC(=O)c2ccc(NN)c([N+](=O)[O-])c2)n1. The zero-order valence-corrected chi connectivity index (χ0v) is 11.2. The number of carbonyl (C=O) groups excluding carboxylic acids is 1. The monoisotopic (exact) mass is 290 g/mol. The average molecular weight is 290 g/mol. The molecule has 110 valence electrons. The second kappa shape index (κ2) is 6.01. The van der Waals surface area contributed by atoms with E-state index >= 15 is 0 Å². The van der Waals surface area contributed by atoms with Crippen molar-refractivity contribution in [2.24, 2.45) is 12.9 Å². The van der Waals surface area contributed by atoms with Crippen LogP contribution in [0.25, 0.3) is 0 Å². The Kier molecular flexibility index (Phi) is 4.14. The van der Waals surface area contributed by atoms with E-state index < -0.39 is 10.8 Å². The first-order valence-electron chi connectivity index (χ1n) is 6.03. The fraction of sp³-hybridized carbons (Fsp3) is 0.167. The summed E-state index contributed by atoms with van der Waals surface area (Å²) in [4.78, 5) is 22.3. The Morgan fingerprint density at radius 3 is 2.81 bits per heavy atom. The average Bonchev–Trinajstić information content (AvgIpc) is 2.89. The summed E-state index contributed by atoms with van der Waals surface area (Å²) < 4.78 is 1.62. The van der Waals surface area contributed by atoms with Crippen LogP contribution < -0.4 is 16.6 Å². The second-order valence-corrected chi connectivity index (χ2v) is 4.30. The first-order chi connectivity index (χ1) is 10.0. The van der Waals surface area contributed by atoms with Gasteiger partial charge in [0.05, 0.1) is 17.2 Å². The summed E-state index contributed by atoms with van der Waals surface area (Å²) in [6.07, 6.45) is 1.76. The van der Waals surface area contributed by atoms with Crippen LogP contribution in [0.2, 0.25) is 0 Å². The van der Waals surface area contributed by atoms with Crippen molar-refractivity contribution >= 4 is 17.3 Å². The Hall–Kier alpha value is -2.94. The van der Waals surface area contributed by atoms with Gasteiger partial charge in [-0.3, -0.25) is 25.4 Å². The summed E-state index contributed by atoms with van der Waals surface area (Å²) >= 11 is 0. The van der Waals surface area contributed by atoms with Gasteiger partial charge in [0.1, 0.15) is 5.69 Å². The Morgan fingerprint density at radius 2 is 2.24 bits per heavy atom. The van der Waals surface area contributed by atoms with Crippen LogP contribution >= 0.6 is 0 Å². The fourth-order valence-corrected chi connectivity index (χ4v) is 1.78. The van der Waals surface area contributed by atoms with E-state index in [4.69, 9.17) is 5.84 Å². The highest BCUT2D eigenvalue weighted by atomic mass is 16.6. The number of amides is 1. The predicted octanol–water partition coefficient (Wildman–Crippen LogP) is 0.544. The molecular weight excluding hydrogens is 276 g/mol. The van der Waals surface area contributed by atoms with Gasteiger partial charge in [-0.05, 0) is 18.2 Å². The number of benzene rings is 1. The summed E-state index contributed by atoms with van der Waals surface area (Å²) in [7, 11) is 1.77. The number of aromatic nitrogens is 2. The molecule has 0 fully saturated rings. The highest BCUT2D eigenvalue weighted by Gasteiger charge is 2.17. The van der Waals surface area contributed by atoms with E-state index in [2.05, 4.69) is 15.8 Å². The van der Waals surface area contributed by atoms with E-state index in [1.165, 1.54) is 18.2 Å². The lowest BCUT2D eigenvalue weighted by atomic mass is 10.1. The van der Waals surface area contributed by atoms with Crippen LogP contribution in [-0.4, -0.2) is 20.6 Å². The third kappa shape index (κ3) is 3.34. The number of nitrogens with one attached hydrogen (secondary N) is 2. The Morgan fingerprint density at radius 1 is 1.48 bits per heavy atom. The fourth-order valence-electron chi connectivity index (χ4n) is 1.78. The maximum absolute atomic E-state index is 12.0. The van der Waals surface area contributed by atoms with Crippen LogP contribution in [0.3, 0.4) is 0 Å². The number of nitrogens with zero attached hydrogens (tertiary/aromatic N) is 3. The summed E-state index contributed by atoms with van der Waals surface area (Å²) in [5, 5.41) is 17.7. The molecule has 0 aliphatic carbocycles. The molecule has 0 spiro atoms. The number of nitro groups is 1. The first kappa shape index (κ1) is 14.5. The maximum atomic E-state index is 12.0. The smallest absolute Gasteiger partial charge is 0.294 e. The van der Waals surface area contributed by atoms with Crippen LogP contribution in [0.4, 0.5) is 11.4 Å². The number of hydrazine groups is 1. The van der Waals surface area contributed by atoms with Crippen molar-refractivity contribution < 1.29 is 9.72 Å². The second-order valence-electron chi connectivity index (χ2n) is 4.30. The van der Waals surface area contributed by atoms with Gasteiger partial charge in [-0.1, -0.05) is 0 Å². The minimum absolute atomic E-state index is 0.140. The normalized spacial score (nSPS) is 10.2. The number of anilines is 1. The van der Waals surface area contributed by atoms with Crippen LogP contribution in [0.15, 0.2) is 30.5 Å². The summed E-state index contributed by atoms with van der Waals surface area (Å²) in [5.41, 5.74) is 2.97. The highest BCUT2D eigenvalue weighted by molar-refractivity contribution is 5.95. The van der Waals surface area contributed by atoms with Gasteiger partial charge >= 0.3 is 0 Å². The molecule has 9 nitrogen and oxygen atoms in total. The van der Waals surface area contributed by atoms with Crippen LogP contribution in [0, 0.1) is 10.1 Å². The molecule has 21 heavy (non-hydrogen) atoms. The molecule has 0 saturated carbocycles. The van der Waals surface area contributed by atoms with Gasteiger partial charge in [-0.15, -0.1) is 0 Å². The molecule has 1 aromatic carbocycles. The van der Waals surface area contributed by atoms with E-state index in [0.717, 1.165) is 0 Å². The van der Waals surface area contributed by atoms with Gasteiger partial charge in [0.2, 0.25) is 0 Å². The number of nitro benzene ring substituents is 1. The van der Waals surface area contributed by atoms with Crippen molar-refractivity contribution in [2.45, 2.75) is 6.54 Å². The Balaban J connectivity index is 2.12. The van der Waals surface area contributed by atoms with E-state index in [1.54, 1.807) is 24.0 Å². The molecule has 1 heterocycles. The number of hydrogen-bond acceptors (Lipinski definition) is 6. The number of nitrogens with two attached hydrogens (primary N) is 1. The highest BCUT2D eigenvalue weighted by Crippen LogP contribution is 2.24. The van der Waals surface area contributed by atoms with Crippen LogP contribution in [0.1, 0.15) is 16.1 Å². The number of nitrogen functional groups attached to an aromatic ring is 1. The van der Waals surface area contributed by atoms with Gasteiger partial charge < -0.3 is 10.7 Å². The lowest BCUT2D eigenvalue weighted by molar-refractivity contribution is -0.384. The molecule has 0 unspecified atom stereocenters. The molecule has 2 aromatic rings. The first-order valence-corrected chi connectivity index (χ1v) is 6.03. The van der Waals surface area contributed by atoms with Crippen molar-refractivity contribution in [1.29, 1.82) is 0 Å². The third-order valence-corrected chi connectivity index (χ3v) is 2.81. The van der Waals surface area contributed by atoms with Crippen molar-refractivity contribution in [3.8, 4) is 0 Å². The van der Waals surface area contributed by atoms with Crippen LogP contribution in [0.5, 0.6) is 0 Å². The maximum Gasteiger partial charge on any atom is 0.294 e. The van der Waals surface area contributed by atoms with Crippen molar-refractivity contribution in [3.05, 3.63) is 51.8 Å². The lowest BCUT2D eigenvalue weighted by Crippen LogP contribution is -2.23. The van der Waals surface area contributed by atoms with Gasteiger partial charge in [0.15, 0.2) is 0 Å². The third-order valence-electron chi connectivity index (χ3n) is 2.81. The number of carbonyl (C=O) groups is 1. The Labute approximate surface area is 119 Å². The molecule has 2 rings (SSSR count). The molecule has 0 atom stereocenters. The molecule has 9 heteroatoms. The zero-order valence-electron chi connectivity index (χ0n) is 11.2. The summed E-state index contributed by atoms with van der Waals surface area (Å²) in [6, 6.07) is 5.77. The van der Waals surface area contributed by atoms with Crippen molar-refractivity contribution in [2.75, 3.05) is 5.43 Å².